The minimum Gasteiger partial charge on any atom is -0.441 e. The van der Waals surface area contributed by atoms with E-state index in [9.17, 15) is 4.79 Å². The molecule has 0 radical (unpaired) electrons. The first-order chi connectivity index (χ1) is 12.2. The van der Waals surface area contributed by atoms with E-state index in [4.69, 9.17) is 4.42 Å². The highest BCUT2D eigenvalue weighted by molar-refractivity contribution is 5.78. The van der Waals surface area contributed by atoms with Crippen LogP contribution in [-0.4, -0.2) is 26.5 Å². The van der Waals surface area contributed by atoms with Gasteiger partial charge in [0.25, 0.3) is 0 Å². The number of benzene rings is 1. The normalized spacial score (nSPS) is 16.4. The van der Waals surface area contributed by atoms with Crippen molar-refractivity contribution in [3.05, 3.63) is 60.0 Å². The molecule has 0 bridgehead atoms. The second kappa shape index (κ2) is 6.55. The Hall–Kier alpha value is -2.89. The molecule has 6 nitrogen and oxygen atoms in total. The van der Waals surface area contributed by atoms with Gasteiger partial charge in [-0.05, 0) is 25.5 Å². The summed E-state index contributed by atoms with van der Waals surface area (Å²) in [7, 11) is 0. The number of carbonyl (C=O) groups excluding carboxylic acids is 1. The van der Waals surface area contributed by atoms with Gasteiger partial charge in [0.1, 0.15) is 11.6 Å². The molecule has 0 unspecified atom stereocenters. The Morgan fingerprint density at radius 1 is 1.36 bits per heavy atom. The third kappa shape index (κ3) is 3.33. The van der Waals surface area contributed by atoms with Crippen LogP contribution in [0.1, 0.15) is 23.7 Å². The first-order valence-corrected chi connectivity index (χ1v) is 8.50. The number of hydrogen-bond acceptors (Lipinski definition) is 4. The summed E-state index contributed by atoms with van der Waals surface area (Å²) < 4.78 is 7.82. The summed E-state index contributed by atoms with van der Waals surface area (Å²) in [6, 6.07) is 9.85. The first kappa shape index (κ1) is 15.6. The molecule has 1 N–H and O–H groups in total. The maximum atomic E-state index is 12.4. The van der Waals surface area contributed by atoms with Gasteiger partial charge in [-0.2, -0.15) is 0 Å². The van der Waals surface area contributed by atoms with Gasteiger partial charge in [-0.3, -0.25) is 4.79 Å². The standard InChI is InChI=1S/C19H20N4O2/c1-13-16(22-19(25-13)14-5-3-2-4-6-14)11-18(24)21-15-7-8-17-20-9-10-23(17)12-15/h2-6,9-10,15H,7-8,11-12H2,1H3,(H,21,24)/t15-/m0/s1. The Morgan fingerprint density at radius 3 is 3.04 bits per heavy atom. The zero-order valence-electron chi connectivity index (χ0n) is 14.1. The number of oxazole rings is 1. The number of imidazole rings is 1. The van der Waals surface area contributed by atoms with Gasteiger partial charge in [-0.25, -0.2) is 9.97 Å². The lowest BCUT2D eigenvalue weighted by molar-refractivity contribution is -0.121. The van der Waals surface area contributed by atoms with Crippen LogP contribution >= 0.6 is 0 Å². The summed E-state index contributed by atoms with van der Waals surface area (Å²) in [5.41, 5.74) is 1.60. The number of nitrogens with zero attached hydrogens (tertiary/aromatic N) is 3. The van der Waals surface area contributed by atoms with Crippen molar-refractivity contribution in [2.45, 2.75) is 38.8 Å². The predicted molar refractivity (Wildman–Crippen MR) is 92.9 cm³/mol. The molecule has 128 valence electrons. The lowest BCUT2D eigenvalue weighted by Crippen LogP contribution is -2.41. The van der Waals surface area contributed by atoms with E-state index in [2.05, 4.69) is 19.9 Å². The van der Waals surface area contributed by atoms with Gasteiger partial charge in [-0.15, -0.1) is 0 Å². The van der Waals surface area contributed by atoms with Crippen molar-refractivity contribution in [2.24, 2.45) is 0 Å². The molecule has 1 aliphatic rings. The Morgan fingerprint density at radius 2 is 2.20 bits per heavy atom. The largest absolute Gasteiger partial charge is 0.441 e. The third-order valence-electron chi connectivity index (χ3n) is 4.54. The minimum absolute atomic E-state index is 0.0235. The molecule has 1 amide bonds. The van der Waals surface area contributed by atoms with Crippen LogP contribution in [0.4, 0.5) is 0 Å². The second-order valence-corrected chi connectivity index (χ2v) is 6.36. The molecule has 3 heterocycles. The van der Waals surface area contributed by atoms with Crippen LogP contribution < -0.4 is 5.32 Å². The molecule has 3 aromatic rings. The summed E-state index contributed by atoms with van der Waals surface area (Å²) in [5.74, 6) is 2.31. The fraction of sp³-hybridized carbons (Fsp3) is 0.316. The first-order valence-electron chi connectivity index (χ1n) is 8.50. The van der Waals surface area contributed by atoms with Crippen molar-refractivity contribution in [3.8, 4) is 11.5 Å². The Bertz CT molecular complexity index is 882. The summed E-state index contributed by atoms with van der Waals surface area (Å²) in [4.78, 5) is 21.2. The topological polar surface area (TPSA) is 73.0 Å². The van der Waals surface area contributed by atoms with Crippen molar-refractivity contribution in [3.63, 3.8) is 0 Å². The Kier molecular flexibility index (Phi) is 4.09. The van der Waals surface area contributed by atoms with E-state index in [1.807, 2.05) is 49.6 Å². The quantitative estimate of drug-likeness (QED) is 0.794. The molecule has 0 spiro atoms. The molecule has 0 saturated carbocycles. The van der Waals surface area contributed by atoms with Crippen molar-refractivity contribution in [2.75, 3.05) is 0 Å². The smallest absolute Gasteiger partial charge is 0.226 e. The Balaban J connectivity index is 1.41. The second-order valence-electron chi connectivity index (χ2n) is 6.36. The predicted octanol–water partition coefficient (Wildman–Crippen LogP) is 2.52. The number of amides is 1. The van der Waals surface area contributed by atoms with E-state index in [1.165, 1.54) is 0 Å². The monoisotopic (exact) mass is 336 g/mol. The number of nitrogens with one attached hydrogen (secondary N) is 1. The van der Waals surface area contributed by atoms with E-state index >= 15 is 0 Å². The lowest BCUT2D eigenvalue weighted by Gasteiger charge is -2.24. The number of carbonyl (C=O) groups is 1. The van der Waals surface area contributed by atoms with Crippen molar-refractivity contribution < 1.29 is 9.21 Å². The van der Waals surface area contributed by atoms with Crippen LogP contribution in [0.15, 0.2) is 47.1 Å². The average molecular weight is 336 g/mol. The lowest BCUT2D eigenvalue weighted by atomic mass is 10.1. The van der Waals surface area contributed by atoms with Crippen LogP contribution in [-0.2, 0) is 24.2 Å². The van der Waals surface area contributed by atoms with Gasteiger partial charge in [0.15, 0.2) is 0 Å². The molecule has 0 fully saturated rings. The van der Waals surface area contributed by atoms with Crippen molar-refractivity contribution in [1.29, 1.82) is 0 Å². The number of hydrogen-bond donors (Lipinski definition) is 1. The van der Waals surface area contributed by atoms with Gasteiger partial charge in [-0.1, -0.05) is 18.2 Å². The van der Waals surface area contributed by atoms with Crippen LogP contribution in [0.25, 0.3) is 11.5 Å². The van der Waals surface area contributed by atoms with E-state index < -0.39 is 0 Å². The maximum absolute atomic E-state index is 12.4. The molecule has 0 aliphatic carbocycles. The minimum atomic E-state index is -0.0235. The molecular formula is C19H20N4O2. The van der Waals surface area contributed by atoms with Crippen LogP contribution in [0.5, 0.6) is 0 Å². The fourth-order valence-electron chi connectivity index (χ4n) is 3.21. The molecule has 25 heavy (non-hydrogen) atoms. The average Bonchev–Trinajstić information content (AvgIpc) is 3.22. The third-order valence-corrected chi connectivity index (χ3v) is 4.54. The molecular weight excluding hydrogens is 316 g/mol. The van der Waals surface area contributed by atoms with Gasteiger partial charge in [0.2, 0.25) is 11.8 Å². The van der Waals surface area contributed by atoms with Gasteiger partial charge < -0.3 is 14.3 Å². The molecule has 1 aromatic carbocycles. The van der Waals surface area contributed by atoms with Crippen molar-refractivity contribution >= 4 is 5.91 Å². The molecule has 1 atom stereocenters. The molecule has 4 rings (SSSR count). The summed E-state index contributed by atoms with van der Waals surface area (Å²) >= 11 is 0. The summed E-state index contributed by atoms with van der Waals surface area (Å²) in [6.07, 6.45) is 5.80. The van der Waals surface area contributed by atoms with Crippen molar-refractivity contribution in [1.82, 2.24) is 19.9 Å². The van der Waals surface area contributed by atoms with E-state index in [-0.39, 0.29) is 18.4 Å². The highest BCUT2D eigenvalue weighted by Gasteiger charge is 2.21. The highest BCUT2D eigenvalue weighted by Crippen LogP contribution is 2.21. The maximum Gasteiger partial charge on any atom is 0.226 e. The number of fused-ring (bicyclic) bond motifs is 1. The van der Waals surface area contributed by atoms with Crippen LogP contribution in [0.3, 0.4) is 0 Å². The zero-order valence-corrected chi connectivity index (χ0v) is 14.1. The number of aromatic nitrogens is 3. The molecule has 1 aliphatic heterocycles. The number of aryl methyl sites for hydroxylation is 2. The summed E-state index contributed by atoms with van der Waals surface area (Å²) in [5, 5.41) is 3.11. The van der Waals surface area contributed by atoms with Gasteiger partial charge in [0, 0.05) is 37.0 Å². The number of rotatable bonds is 4. The van der Waals surface area contributed by atoms with E-state index in [1.54, 1.807) is 0 Å². The fourth-order valence-corrected chi connectivity index (χ4v) is 3.21. The van der Waals surface area contributed by atoms with E-state index in [0.29, 0.717) is 17.3 Å². The SMILES string of the molecule is Cc1oc(-c2ccccc2)nc1CC(=O)N[C@H]1CCc2nccn2C1. The molecule has 0 saturated heterocycles. The van der Waals surface area contributed by atoms with Gasteiger partial charge in [0.05, 0.1) is 12.1 Å². The highest BCUT2D eigenvalue weighted by atomic mass is 16.4. The van der Waals surface area contributed by atoms with E-state index in [0.717, 1.165) is 30.8 Å². The Labute approximate surface area is 145 Å². The molecule has 2 aromatic heterocycles. The summed E-state index contributed by atoms with van der Waals surface area (Å²) in [6.45, 7) is 2.62. The van der Waals surface area contributed by atoms with Crippen LogP contribution in [0, 0.1) is 6.92 Å². The van der Waals surface area contributed by atoms with Crippen LogP contribution in [0.2, 0.25) is 0 Å². The van der Waals surface area contributed by atoms with Gasteiger partial charge >= 0.3 is 0 Å². The molecule has 6 heteroatoms. The zero-order chi connectivity index (χ0) is 17.2.